The Morgan fingerprint density at radius 1 is 1.30 bits per heavy atom. The number of benzene rings is 1. The minimum absolute atomic E-state index is 0.136. The minimum Gasteiger partial charge on any atom is -0.369 e. The Hall–Kier alpha value is -1.66. The van der Waals surface area contributed by atoms with Gasteiger partial charge in [0.05, 0.1) is 6.04 Å². The molecular formula is C14H21FN4O. The number of nitrogens with zero attached hydrogens (tertiary/aromatic N) is 2. The fraction of sp³-hybridized carbons (Fsp3) is 0.500. The molecule has 1 atom stereocenters. The van der Waals surface area contributed by atoms with Crippen molar-refractivity contribution in [2.24, 2.45) is 5.84 Å². The molecule has 1 amide bonds. The standard InChI is InChI=1S/C14H21FN4O/c1-2-13(14(20)17-16)19-9-7-18(8-10-19)12-5-3-11(15)4-6-12/h3-6,13H,2,7-10,16H2,1H3,(H,17,20)/t13-/m1/s1. The molecule has 0 unspecified atom stereocenters. The van der Waals surface area contributed by atoms with Crippen LogP contribution in [0.5, 0.6) is 0 Å². The number of piperazine rings is 1. The quantitative estimate of drug-likeness (QED) is 0.484. The summed E-state index contributed by atoms with van der Waals surface area (Å²) >= 11 is 0. The van der Waals surface area contributed by atoms with E-state index < -0.39 is 0 Å². The van der Waals surface area contributed by atoms with Gasteiger partial charge in [0.15, 0.2) is 0 Å². The molecule has 0 aromatic heterocycles. The van der Waals surface area contributed by atoms with E-state index in [1.54, 1.807) is 12.1 Å². The molecule has 1 fully saturated rings. The van der Waals surface area contributed by atoms with Gasteiger partial charge >= 0.3 is 0 Å². The van der Waals surface area contributed by atoms with Crippen molar-refractivity contribution >= 4 is 11.6 Å². The van der Waals surface area contributed by atoms with E-state index in [1.165, 1.54) is 12.1 Å². The number of carbonyl (C=O) groups is 1. The second-order valence-corrected chi connectivity index (χ2v) is 4.93. The maximum atomic E-state index is 12.9. The third kappa shape index (κ3) is 3.26. The molecule has 0 aliphatic carbocycles. The van der Waals surface area contributed by atoms with Crippen molar-refractivity contribution < 1.29 is 9.18 Å². The molecular weight excluding hydrogens is 259 g/mol. The van der Waals surface area contributed by atoms with Gasteiger partial charge in [-0.3, -0.25) is 15.1 Å². The van der Waals surface area contributed by atoms with Crippen molar-refractivity contribution in [3.05, 3.63) is 30.1 Å². The van der Waals surface area contributed by atoms with Crippen LogP contribution in [0.15, 0.2) is 24.3 Å². The molecule has 1 aliphatic heterocycles. The molecule has 1 aliphatic rings. The fourth-order valence-electron chi connectivity index (χ4n) is 2.65. The molecule has 20 heavy (non-hydrogen) atoms. The number of carbonyl (C=O) groups excluding carboxylic acids is 1. The molecule has 2 rings (SSSR count). The van der Waals surface area contributed by atoms with Crippen molar-refractivity contribution in [1.29, 1.82) is 0 Å². The van der Waals surface area contributed by atoms with E-state index in [-0.39, 0.29) is 17.8 Å². The summed E-state index contributed by atoms with van der Waals surface area (Å²) in [6.45, 7) is 5.21. The van der Waals surface area contributed by atoms with Crippen LogP contribution in [-0.4, -0.2) is 43.0 Å². The number of amides is 1. The first-order valence-electron chi connectivity index (χ1n) is 6.90. The smallest absolute Gasteiger partial charge is 0.251 e. The van der Waals surface area contributed by atoms with Gasteiger partial charge in [-0.05, 0) is 30.7 Å². The predicted molar refractivity (Wildman–Crippen MR) is 76.6 cm³/mol. The maximum Gasteiger partial charge on any atom is 0.251 e. The van der Waals surface area contributed by atoms with Crippen molar-refractivity contribution in [3.63, 3.8) is 0 Å². The van der Waals surface area contributed by atoms with Crippen LogP contribution in [0, 0.1) is 5.82 Å². The van der Waals surface area contributed by atoms with Gasteiger partial charge in [-0.25, -0.2) is 10.2 Å². The van der Waals surface area contributed by atoms with Gasteiger partial charge in [0.1, 0.15) is 5.82 Å². The highest BCUT2D eigenvalue weighted by Crippen LogP contribution is 2.18. The molecule has 110 valence electrons. The van der Waals surface area contributed by atoms with Crippen molar-refractivity contribution in [2.75, 3.05) is 31.1 Å². The van der Waals surface area contributed by atoms with Crippen LogP contribution in [0.3, 0.4) is 0 Å². The van der Waals surface area contributed by atoms with E-state index in [4.69, 9.17) is 5.84 Å². The van der Waals surface area contributed by atoms with Gasteiger partial charge in [0, 0.05) is 31.9 Å². The third-order valence-corrected chi connectivity index (χ3v) is 3.78. The first-order chi connectivity index (χ1) is 9.65. The molecule has 0 bridgehead atoms. The highest BCUT2D eigenvalue weighted by Gasteiger charge is 2.27. The van der Waals surface area contributed by atoms with Crippen LogP contribution in [0.4, 0.5) is 10.1 Å². The Morgan fingerprint density at radius 3 is 2.40 bits per heavy atom. The molecule has 0 radical (unpaired) electrons. The molecule has 1 saturated heterocycles. The molecule has 0 spiro atoms. The number of hydrazine groups is 1. The SMILES string of the molecule is CC[C@H](C(=O)NN)N1CCN(c2ccc(F)cc2)CC1. The lowest BCUT2D eigenvalue weighted by Crippen LogP contribution is -2.55. The highest BCUT2D eigenvalue weighted by molar-refractivity contribution is 5.81. The largest absolute Gasteiger partial charge is 0.369 e. The van der Waals surface area contributed by atoms with Crippen molar-refractivity contribution in [3.8, 4) is 0 Å². The zero-order valence-electron chi connectivity index (χ0n) is 11.7. The second kappa shape index (κ2) is 6.67. The number of nitrogens with two attached hydrogens (primary N) is 1. The second-order valence-electron chi connectivity index (χ2n) is 4.93. The lowest BCUT2D eigenvalue weighted by molar-refractivity contribution is -0.126. The van der Waals surface area contributed by atoms with Gasteiger partial charge in [-0.1, -0.05) is 6.92 Å². The number of hydrogen-bond donors (Lipinski definition) is 2. The lowest BCUT2D eigenvalue weighted by atomic mass is 10.1. The van der Waals surface area contributed by atoms with Crippen molar-refractivity contribution in [2.45, 2.75) is 19.4 Å². The topological polar surface area (TPSA) is 61.6 Å². The van der Waals surface area contributed by atoms with E-state index in [0.29, 0.717) is 0 Å². The summed E-state index contributed by atoms with van der Waals surface area (Å²) in [5.74, 6) is 4.86. The summed E-state index contributed by atoms with van der Waals surface area (Å²) in [6.07, 6.45) is 0.736. The summed E-state index contributed by atoms with van der Waals surface area (Å²) < 4.78 is 12.9. The summed E-state index contributed by atoms with van der Waals surface area (Å²) in [6, 6.07) is 6.34. The normalized spacial score (nSPS) is 17.9. The van der Waals surface area contributed by atoms with E-state index in [0.717, 1.165) is 38.3 Å². The van der Waals surface area contributed by atoms with Crippen LogP contribution in [0.1, 0.15) is 13.3 Å². The predicted octanol–water partition coefficient (Wildman–Crippen LogP) is 0.716. The summed E-state index contributed by atoms with van der Waals surface area (Å²) in [5.41, 5.74) is 3.24. The summed E-state index contributed by atoms with van der Waals surface area (Å²) in [4.78, 5) is 16.0. The van der Waals surface area contributed by atoms with E-state index >= 15 is 0 Å². The number of nitrogens with one attached hydrogen (secondary N) is 1. The Morgan fingerprint density at radius 2 is 1.90 bits per heavy atom. The van der Waals surface area contributed by atoms with Crippen LogP contribution in [0.25, 0.3) is 0 Å². The molecule has 5 nitrogen and oxygen atoms in total. The Kier molecular flexibility index (Phi) is 4.92. The maximum absolute atomic E-state index is 12.9. The monoisotopic (exact) mass is 280 g/mol. The Labute approximate surface area is 118 Å². The third-order valence-electron chi connectivity index (χ3n) is 3.78. The van der Waals surface area contributed by atoms with Gasteiger partial charge in [0.2, 0.25) is 0 Å². The lowest BCUT2D eigenvalue weighted by Gasteiger charge is -2.39. The number of halogens is 1. The average Bonchev–Trinajstić information content (AvgIpc) is 2.49. The van der Waals surface area contributed by atoms with Gasteiger partial charge < -0.3 is 4.90 Å². The highest BCUT2D eigenvalue weighted by atomic mass is 19.1. The van der Waals surface area contributed by atoms with Crippen molar-refractivity contribution in [1.82, 2.24) is 10.3 Å². The fourth-order valence-corrected chi connectivity index (χ4v) is 2.65. The molecule has 1 aromatic rings. The minimum atomic E-state index is -0.224. The van der Waals surface area contributed by atoms with Gasteiger partial charge in [0.25, 0.3) is 5.91 Å². The number of rotatable bonds is 4. The molecule has 6 heteroatoms. The van der Waals surface area contributed by atoms with Gasteiger partial charge in [-0.2, -0.15) is 0 Å². The number of hydrogen-bond acceptors (Lipinski definition) is 4. The Bertz CT molecular complexity index is 443. The summed E-state index contributed by atoms with van der Waals surface area (Å²) in [5, 5.41) is 0. The molecule has 3 N–H and O–H groups in total. The van der Waals surface area contributed by atoms with Gasteiger partial charge in [-0.15, -0.1) is 0 Å². The molecule has 1 heterocycles. The van der Waals surface area contributed by atoms with Crippen LogP contribution in [0.2, 0.25) is 0 Å². The first-order valence-corrected chi connectivity index (χ1v) is 6.90. The van der Waals surface area contributed by atoms with E-state index in [2.05, 4.69) is 15.2 Å². The van der Waals surface area contributed by atoms with Crippen LogP contribution >= 0.6 is 0 Å². The van der Waals surface area contributed by atoms with Crippen LogP contribution in [-0.2, 0) is 4.79 Å². The zero-order chi connectivity index (χ0) is 14.5. The zero-order valence-corrected chi connectivity index (χ0v) is 11.7. The average molecular weight is 280 g/mol. The first kappa shape index (κ1) is 14.7. The summed E-state index contributed by atoms with van der Waals surface area (Å²) in [7, 11) is 0. The molecule has 0 saturated carbocycles. The number of anilines is 1. The Balaban J connectivity index is 1.94. The van der Waals surface area contributed by atoms with E-state index in [9.17, 15) is 9.18 Å². The van der Waals surface area contributed by atoms with E-state index in [1.807, 2.05) is 6.92 Å². The molecule has 1 aromatic carbocycles. The van der Waals surface area contributed by atoms with Crippen LogP contribution < -0.4 is 16.2 Å².